The van der Waals surface area contributed by atoms with E-state index in [4.69, 9.17) is 4.52 Å². The monoisotopic (exact) mass is 361 g/mol. The van der Waals surface area contributed by atoms with Crippen LogP contribution in [0.2, 0.25) is 0 Å². The Morgan fingerprint density at radius 1 is 1.07 bits per heavy atom. The zero-order valence-corrected chi connectivity index (χ0v) is 15.8. The van der Waals surface area contributed by atoms with Crippen LogP contribution in [0.25, 0.3) is 11.5 Å². The Morgan fingerprint density at radius 2 is 1.78 bits per heavy atom. The highest BCUT2D eigenvalue weighted by molar-refractivity contribution is 5.96. The van der Waals surface area contributed by atoms with Crippen molar-refractivity contribution in [1.82, 2.24) is 10.1 Å². The molecule has 1 saturated heterocycles. The van der Waals surface area contributed by atoms with Gasteiger partial charge < -0.3 is 9.42 Å². The Morgan fingerprint density at radius 3 is 2.44 bits per heavy atom. The molecule has 0 saturated carbocycles. The van der Waals surface area contributed by atoms with Crippen LogP contribution in [-0.4, -0.2) is 22.6 Å². The molecule has 1 unspecified atom stereocenters. The molecule has 138 valence electrons. The second kappa shape index (κ2) is 6.99. The smallest absolute Gasteiger partial charge is 0.257 e. The van der Waals surface area contributed by atoms with E-state index in [9.17, 15) is 4.79 Å². The number of aryl methyl sites for hydroxylation is 1. The third-order valence-electron chi connectivity index (χ3n) is 5.10. The van der Waals surface area contributed by atoms with Gasteiger partial charge in [0.05, 0.1) is 0 Å². The molecular formula is C22H23N3O2. The van der Waals surface area contributed by atoms with Gasteiger partial charge in [-0.1, -0.05) is 48.8 Å². The molecule has 1 aliphatic rings. The summed E-state index contributed by atoms with van der Waals surface area (Å²) in [5.41, 5.74) is 4.26. The molecular weight excluding hydrogens is 338 g/mol. The van der Waals surface area contributed by atoms with Crippen molar-refractivity contribution in [2.75, 3.05) is 11.4 Å². The Labute approximate surface area is 159 Å². The van der Waals surface area contributed by atoms with Gasteiger partial charge in [-0.3, -0.25) is 4.79 Å². The molecule has 3 aromatic rings. The maximum absolute atomic E-state index is 12.5. The van der Waals surface area contributed by atoms with Crippen LogP contribution < -0.4 is 4.90 Å². The lowest BCUT2D eigenvalue weighted by Crippen LogP contribution is -2.24. The normalized spacial score (nSPS) is 17.1. The van der Waals surface area contributed by atoms with Gasteiger partial charge >= 0.3 is 0 Å². The molecule has 0 bridgehead atoms. The number of benzene rings is 2. The van der Waals surface area contributed by atoms with Crippen LogP contribution >= 0.6 is 0 Å². The number of carbonyl (C=O) groups excluding carboxylic acids is 1. The first-order chi connectivity index (χ1) is 13.0. The van der Waals surface area contributed by atoms with Crippen molar-refractivity contribution >= 4 is 11.6 Å². The van der Waals surface area contributed by atoms with Gasteiger partial charge in [0.2, 0.25) is 5.91 Å². The minimum absolute atomic E-state index is 0.0507. The van der Waals surface area contributed by atoms with E-state index in [0.29, 0.717) is 30.6 Å². The molecule has 5 nitrogen and oxygen atoms in total. The van der Waals surface area contributed by atoms with Crippen LogP contribution in [-0.2, 0) is 4.79 Å². The van der Waals surface area contributed by atoms with E-state index >= 15 is 0 Å². The molecule has 0 spiro atoms. The first kappa shape index (κ1) is 17.5. The summed E-state index contributed by atoms with van der Waals surface area (Å²) in [6.45, 7) is 6.93. The Bertz CT molecular complexity index is 942. The fourth-order valence-corrected chi connectivity index (χ4v) is 3.38. The van der Waals surface area contributed by atoms with Gasteiger partial charge in [0.15, 0.2) is 5.82 Å². The van der Waals surface area contributed by atoms with Gasteiger partial charge in [-0.2, -0.15) is 4.98 Å². The third kappa shape index (κ3) is 3.50. The summed E-state index contributed by atoms with van der Waals surface area (Å²) in [4.78, 5) is 18.9. The number of nitrogens with zero attached hydrogens (tertiary/aromatic N) is 3. The zero-order valence-electron chi connectivity index (χ0n) is 15.8. The third-order valence-corrected chi connectivity index (χ3v) is 5.10. The second-order valence-electron chi connectivity index (χ2n) is 7.48. The van der Waals surface area contributed by atoms with Crippen molar-refractivity contribution in [2.24, 2.45) is 0 Å². The molecule has 0 N–H and O–H groups in total. The van der Waals surface area contributed by atoms with E-state index in [1.54, 1.807) is 0 Å². The molecule has 4 rings (SSSR count). The Hall–Kier alpha value is -2.95. The quantitative estimate of drug-likeness (QED) is 0.676. The predicted octanol–water partition coefficient (Wildman–Crippen LogP) is 4.69. The van der Waals surface area contributed by atoms with Crippen molar-refractivity contribution in [2.45, 2.75) is 39.0 Å². The van der Waals surface area contributed by atoms with Crippen molar-refractivity contribution in [3.63, 3.8) is 0 Å². The maximum Gasteiger partial charge on any atom is 0.257 e. The average Bonchev–Trinajstić information content (AvgIpc) is 3.29. The van der Waals surface area contributed by atoms with Gasteiger partial charge in [-0.05, 0) is 42.7 Å². The molecule has 0 radical (unpaired) electrons. The summed E-state index contributed by atoms with van der Waals surface area (Å²) in [6.07, 6.45) is 0.402. The minimum Gasteiger partial charge on any atom is -0.334 e. The van der Waals surface area contributed by atoms with Gasteiger partial charge in [0.1, 0.15) is 0 Å². The second-order valence-corrected chi connectivity index (χ2v) is 7.48. The van der Waals surface area contributed by atoms with Crippen molar-refractivity contribution in [1.29, 1.82) is 0 Å². The van der Waals surface area contributed by atoms with Crippen molar-refractivity contribution in [3.05, 3.63) is 65.5 Å². The van der Waals surface area contributed by atoms with E-state index in [1.165, 1.54) is 11.1 Å². The van der Waals surface area contributed by atoms with Crippen LogP contribution in [0.15, 0.2) is 53.1 Å². The fraction of sp³-hybridized carbons (Fsp3) is 0.318. The zero-order chi connectivity index (χ0) is 19.0. The molecule has 2 aromatic carbocycles. The summed E-state index contributed by atoms with van der Waals surface area (Å²) in [5, 5.41) is 4.13. The SMILES string of the molecule is Cc1ccc(-c2nc(C3CC(=O)N(c4ccc(C(C)C)cc4)C3)no2)cc1. The highest BCUT2D eigenvalue weighted by Crippen LogP contribution is 2.32. The molecule has 2 heterocycles. The lowest BCUT2D eigenvalue weighted by Gasteiger charge is -2.17. The molecule has 1 amide bonds. The molecule has 1 aromatic heterocycles. The van der Waals surface area contributed by atoms with Gasteiger partial charge in [0, 0.05) is 30.1 Å². The van der Waals surface area contributed by atoms with Gasteiger partial charge in [0.25, 0.3) is 5.89 Å². The van der Waals surface area contributed by atoms with Gasteiger partial charge in [-0.25, -0.2) is 0 Å². The van der Waals surface area contributed by atoms with Crippen LogP contribution in [0.4, 0.5) is 5.69 Å². The number of rotatable bonds is 4. The maximum atomic E-state index is 12.5. The molecule has 5 heteroatoms. The van der Waals surface area contributed by atoms with Crippen LogP contribution in [0.1, 0.15) is 49.1 Å². The summed E-state index contributed by atoms with van der Waals surface area (Å²) in [7, 11) is 0. The number of hydrogen-bond donors (Lipinski definition) is 0. The van der Waals surface area contributed by atoms with Crippen molar-refractivity contribution in [3.8, 4) is 11.5 Å². The number of hydrogen-bond acceptors (Lipinski definition) is 4. The molecule has 0 aliphatic carbocycles. The van der Waals surface area contributed by atoms with E-state index < -0.39 is 0 Å². The van der Waals surface area contributed by atoms with Crippen LogP contribution in [0, 0.1) is 6.92 Å². The standard InChI is InChI=1S/C22H23N3O2/c1-14(2)16-8-10-19(11-9-16)25-13-18(12-20(25)26)21-23-22(27-24-21)17-6-4-15(3)5-7-17/h4-11,14,18H,12-13H2,1-3H3. The Balaban J connectivity index is 1.51. The highest BCUT2D eigenvalue weighted by Gasteiger charge is 2.34. The molecule has 1 aliphatic heterocycles. The lowest BCUT2D eigenvalue weighted by atomic mass is 10.0. The molecule has 1 fully saturated rings. The number of carbonyl (C=O) groups is 1. The topological polar surface area (TPSA) is 59.2 Å². The summed E-state index contributed by atoms with van der Waals surface area (Å²) >= 11 is 0. The molecule has 1 atom stereocenters. The summed E-state index contributed by atoms with van der Waals surface area (Å²) < 4.78 is 5.43. The fourth-order valence-electron chi connectivity index (χ4n) is 3.38. The van der Waals surface area contributed by atoms with E-state index in [-0.39, 0.29) is 11.8 Å². The van der Waals surface area contributed by atoms with E-state index in [1.807, 2.05) is 48.2 Å². The summed E-state index contributed by atoms with van der Waals surface area (Å²) in [5.74, 6) is 1.61. The van der Waals surface area contributed by atoms with Gasteiger partial charge in [-0.15, -0.1) is 0 Å². The number of anilines is 1. The number of aromatic nitrogens is 2. The number of amides is 1. The average molecular weight is 361 g/mol. The minimum atomic E-state index is -0.0507. The summed E-state index contributed by atoms with van der Waals surface area (Å²) in [6, 6.07) is 16.2. The first-order valence-electron chi connectivity index (χ1n) is 9.32. The molecule has 27 heavy (non-hydrogen) atoms. The van der Waals surface area contributed by atoms with E-state index in [2.05, 4.69) is 36.1 Å². The predicted molar refractivity (Wildman–Crippen MR) is 105 cm³/mol. The van der Waals surface area contributed by atoms with Crippen LogP contribution in [0.5, 0.6) is 0 Å². The van der Waals surface area contributed by atoms with Crippen LogP contribution in [0.3, 0.4) is 0 Å². The Kier molecular flexibility index (Phi) is 4.52. The van der Waals surface area contributed by atoms with Crippen molar-refractivity contribution < 1.29 is 9.32 Å². The highest BCUT2D eigenvalue weighted by atomic mass is 16.5. The largest absolute Gasteiger partial charge is 0.334 e. The van der Waals surface area contributed by atoms with E-state index in [0.717, 1.165) is 11.3 Å². The lowest BCUT2D eigenvalue weighted by molar-refractivity contribution is -0.117. The first-order valence-corrected chi connectivity index (χ1v) is 9.32.